The highest BCUT2D eigenvalue weighted by atomic mass is 32.2. The number of benzene rings is 1. The van der Waals surface area contributed by atoms with Crippen LogP contribution < -0.4 is 10.2 Å². The Balaban J connectivity index is 2.55. The van der Waals surface area contributed by atoms with E-state index in [1.54, 1.807) is 25.1 Å². The van der Waals surface area contributed by atoms with Crippen molar-refractivity contribution >= 4 is 37.5 Å². The Kier molecular flexibility index (Phi) is 3.57. The zero-order chi connectivity index (χ0) is 14.2. The van der Waals surface area contributed by atoms with Crippen LogP contribution in [-0.2, 0) is 14.8 Å². The normalized spacial score (nSPS) is 13.6. The number of carbonyl (C=O) groups excluding carboxylic acids is 1. The molecule has 2 aromatic rings. The van der Waals surface area contributed by atoms with Crippen LogP contribution in [0, 0.1) is 0 Å². The monoisotopic (exact) mass is 299 g/mol. The third kappa shape index (κ3) is 2.75. The molecule has 19 heavy (non-hydrogen) atoms. The lowest BCUT2D eigenvalue weighted by Gasteiger charge is -2.15. The highest BCUT2D eigenvalue weighted by Gasteiger charge is 2.16. The van der Waals surface area contributed by atoms with E-state index in [0.29, 0.717) is 22.2 Å². The number of hydrogen-bond donors (Lipinski definition) is 1. The Bertz CT molecular complexity index is 736. The van der Waals surface area contributed by atoms with Gasteiger partial charge in [0.1, 0.15) is 0 Å². The van der Waals surface area contributed by atoms with E-state index in [1.165, 1.54) is 0 Å². The molecule has 0 aliphatic carbocycles. The maximum absolute atomic E-state index is 11.2. The fraction of sp³-hybridized carbons (Fsp3) is 0.273. The number of carboxylic acid groups (broad SMARTS) is 1. The van der Waals surface area contributed by atoms with Crippen molar-refractivity contribution in [3.05, 3.63) is 23.8 Å². The van der Waals surface area contributed by atoms with E-state index in [2.05, 4.69) is 4.98 Å². The van der Waals surface area contributed by atoms with Gasteiger partial charge in [-0.2, -0.15) is 0 Å². The molecule has 2 rings (SSSR count). The summed E-state index contributed by atoms with van der Waals surface area (Å²) in [6.07, 6.45) is 0.389. The second kappa shape index (κ2) is 4.87. The molecular formula is C11H11N2O4S2-. The zero-order valence-corrected chi connectivity index (χ0v) is 11.6. The van der Waals surface area contributed by atoms with E-state index in [9.17, 15) is 18.3 Å². The molecule has 0 aliphatic heterocycles. The fourth-order valence-corrected chi connectivity index (χ4v) is 3.44. The van der Waals surface area contributed by atoms with Crippen molar-refractivity contribution in [2.45, 2.75) is 23.6 Å². The number of nitrogens with zero attached hydrogens (tertiary/aromatic N) is 1. The first kappa shape index (κ1) is 13.9. The molecule has 1 unspecified atom stereocenters. The number of aliphatic carboxylic acids is 1. The van der Waals surface area contributed by atoms with Gasteiger partial charge in [0.15, 0.2) is 0 Å². The number of carboxylic acids is 1. The van der Waals surface area contributed by atoms with Crippen LogP contribution in [0.15, 0.2) is 22.5 Å². The summed E-state index contributed by atoms with van der Waals surface area (Å²) in [5, 5.41) is 16.0. The molecule has 1 atom stereocenters. The fourth-order valence-electron chi connectivity index (χ4n) is 1.80. The molecule has 6 nitrogen and oxygen atoms in total. The highest BCUT2D eigenvalue weighted by Crippen LogP contribution is 2.28. The first-order valence-corrected chi connectivity index (χ1v) is 7.83. The van der Waals surface area contributed by atoms with E-state index in [4.69, 9.17) is 5.14 Å². The topological polar surface area (TPSA) is 113 Å². The average Bonchev–Trinajstić information content (AvgIpc) is 2.72. The molecule has 0 saturated carbocycles. The molecule has 0 saturated heterocycles. The van der Waals surface area contributed by atoms with Crippen molar-refractivity contribution in [1.29, 1.82) is 0 Å². The van der Waals surface area contributed by atoms with Gasteiger partial charge in [-0.25, -0.2) is 18.5 Å². The number of primary sulfonamides is 1. The lowest BCUT2D eigenvalue weighted by Crippen LogP contribution is -2.29. The van der Waals surface area contributed by atoms with Crippen molar-refractivity contribution < 1.29 is 18.3 Å². The molecule has 0 amide bonds. The van der Waals surface area contributed by atoms with Crippen molar-refractivity contribution in [1.82, 2.24) is 4.98 Å². The van der Waals surface area contributed by atoms with Gasteiger partial charge in [0.25, 0.3) is 10.0 Å². The van der Waals surface area contributed by atoms with Crippen LogP contribution >= 0.6 is 11.3 Å². The number of nitrogens with two attached hydrogens (primary N) is 1. The van der Waals surface area contributed by atoms with Crippen molar-refractivity contribution in [2.24, 2.45) is 5.14 Å². The van der Waals surface area contributed by atoms with E-state index in [1.807, 2.05) is 0 Å². The third-order valence-corrected chi connectivity index (χ3v) is 5.09. The Morgan fingerprint density at radius 2 is 2.21 bits per heavy atom. The Morgan fingerprint density at radius 3 is 2.74 bits per heavy atom. The lowest BCUT2D eigenvalue weighted by atomic mass is 9.96. The second-order valence-electron chi connectivity index (χ2n) is 4.03. The van der Waals surface area contributed by atoms with Crippen LogP contribution in [0.4, 0.5) is 0 Å². The third-order valence-electron chi connectivity index (χ3n) is 2.73. The van der Waals surface area contributed by atoms with Gasteiger partial charge in [-0.1, -0.05) is 13.0 Å². The number of carbonyl (C=O) groups is 1. The summed E-state index contributed by atoms with van der Waals surface area (Å²) in [7, 11) is -3.84. The number of thiazole rings is 1. The summed E-state index contributed by atoms with van der Waals surface area (Å²) in [5.74, 6) is -1.90. The quantitative estimate of drug-likeness (QED) is 0.865. The number of fused-ring (bicyclic) bond motifs is 1. The smallest absolute Gasteiger partial charge is 0.265 e. The molecule has 1 aromatic heterocycles. The van der Waals surface area contributed by atoms with Gasteiger partial charge in [-0.15, -0.1) is 11.3 Å². The van der Waals surface area contributed by atoms with E-state index < -0.39 is 21.9 Å². The van der Waals surface area contributed by atoms with E-state index >= 15 is 0 Å². The Labute approximate surface area is 113 Å². The molecule has 0 spiro atoms. The van der Waals surface area contributed by atoms with Crippen molar-refractivity contribution in [3.8, 4) is 0 Å². The molecule has 102 valence electrons. The van der Waals surface area contributed by atoms with Gasteiger partial charge in [0.2, 0.25) is 4.34 Å². The summed E-state index contributed by atoms with van der Waals surface area (Å²) in [6, 6.07) is 4.84. The van der Waals surface area contributed by atoms with Gasteiger partial charge in [-0.05, 0) is 24.1 Å². The summed E-state index contributed by atoms with van der Waals surface area (Å²) < 4.78 is 22.9. The predicted octanol–water partition coefficient (Wildman–Crippen LogP) is 0.187. The van der Waals surface area contributed by atoms with Crippen LogP contribution in [-0.4, -0.2) is 19.4 Å². The highest BCUT2D eigenvalue weighted by molar-refractivity contribution is 7.91. The van der Waals surface area contributed by atoms with Crippen LogP contribution in [0.3, 0.4) is 0 Å². The van der Waals surface area contributed by atoms with E-state index in [-0.39, 0.29) is 4.34 Å². The van der Waals surface area contributed by atoms with Gasteiger partial charge < -0.3 is 9.90 Å². The zero-order valence-electron chi connectivity index (χ0n) is 9.99. The number of aromatic nitrogens is 1. The number of rotatable bonds is 4. The molecule has 8 heteroatoms. The second-order valence-corrected chi connectivity index (χ2v) is 6.80. The minimum absolute atomic E-state index is 0.179. The molecule has 1 aromatic carbocycles. The SMILES string of the molecule is CCC(C(=O)[O-])c1ccc2sc(S(N)(=O)=O)nc2c1. The van der Waals surface area contributed by atoms with Crippen LogP contribution in [0.2, 0.25) is 0 Å². The minimum atomic E-state index is -3.84. The van der Waals surface area contributed by atoms with Crippen molar-refractivity contribution in [2.75, 3.05) is 0 Å². The molecule has 0 bridgehead atoms. The minimum Gasteiger partial charge on any atom is -0.549 e. The van der Waals surface area contributed by atoms with Crippen LogP contribution in [0.1, 0.15) is 24.8 Å². The standard InChI is InChI=1S/C11H12N2O4S2/c1-2-7(10(14)15)6-3-4-9-8(5-6)13-11(18-9)19(12,16)17/h3-5,7H,2H2,1H3,(H,14,15)(H2,12,16,17)/p-1. The molecule has 0 radical (unpaired) electrons. The predicted molar refractivity (Wildman–Crippen MR) is 69.0 cm³/mol. The lowest BCUT2D eigenvalue weighted by molar-refractivity contribution is -0.308. The van der Waals surface area contributed by atoms with Crippen LogP contribution in [0.5, 0.6) is 0 Å². The molecular weight excluding hydrogens is 288 g/mol. The molecule has 2 N–H and O–H groups in total. The Hall–Kier alpha value is -1.51. The maximum atomic E-state index is 11.2. The van der Waals surface area contributed by atoms with Gasteiger partial charge in [-0.3, -0.25) is 0 Å². The number of sulfonamides is 1. The molecule has 0 fully saturated rings. The maximum Gasteiger partial charge on any atom is 0.265 e. The van der Waals surface area contributed by atoms with E-state index in [0.717, 1.165) is 11.3 Å². The van der Waals surface area contributed by atoms with Gasteiger partial charge in [0.05, 0.1) is 10.2 Å². The molecule has 1 heterocycles. The largest absolute Gasteiger partial charge is 0.549 e. The van der Waals surface area contributed by atoms with Gasteiger partial charge >= 0.3 is 0 Å². The molecule has 0 aliphatic rings. The van der Waals surface area contributed by atoms with Crippen molar-refractivity contribution in [3.63, 3.8) is 0 Å². The summed E-state index contributed by atoms with van der Waals surface area (Å²) >= 11 is 0.954. The van der Waals surface area contributed by atoms with Crippen LogP contribution in [0.25, 0.3) is 10.2 Å². The first-order valence-electron chi connectivity index (χ1n) is 5.47. The first-order chi connectivity index (χ1) is 8.82. The summed E-state index contributed by atoms with van der Waals surface area (Å²) in [4.78, 5) is 14.9. The summed E-state index contributed by atoms with van der Waals surface area (Å²) in [6.45, 7) is 1.74. The average molecular weight is 299 g/mol. The Morgan fingerprint density at radius 1 is 1.53 bits per heavy atom. The van der Waals surface area contributed by atoms with Gasteiger partial charge in [0, 0.05) is 11.9 Å². The number of hydrogen-bond acceptors (Lipinski definition) is 6. The summed E-state index contributed by atoms with van der Waals surface area (Å²) in [5.41, 5.74) is 0.965.